The number of imidazole rings is 1. The summed E-state index contributed by atoms with van der Waals surface area (Å²) in [5, 5.41) is 2.82. The van der Waals surface area contributed by atoms with E-state index < -0.39 is 0 Å². The number of para-hydroxylation sites is 2. The summed E-state index contributed by atoms with van der Waals surface area (Å²) >= 11 is 0. The van der Waals surface area contributed by atoms with Gasteiger partial charge in [0.15, 0.2) is 0 Å². The summed E-state index contributed by atoms with van der Waals surface area (Å²) in [6.45, 7) is 9.73. The molecule has 0 aliphatic carbocycles. The molecule has 2 aromatic rings. The van der Waals surface area contributed by atoms with Crippen LogP contribution in [0.5, 0.6) is 0 Å². The van der Waals surface area contributed by atoms with Gasteiger partial charge in [0.25, 0.3) is 0 Å². The largest absolute Gasteiger partial charge is 0.353 e. The quantitative estimate of drug-likeness (QED) is 0.527. The zero-order chi connectivity index (χ0) is 17.4. The molecule has 1 heterocycles. The van der Waals surface area contributed by atoms with Crippen molar-refractivity contribution in [2.45, 2.75) is 52.5 Å². The summed E-state index contributed by atoms with van der Waals surface area (Å²) in [4.78, 5) is 15.9. The summed E-state index contributed by atoms with van der Waals surface area (Å²) in [5.41, 5.74) is 2.33. The van der Waals surface area contributed by atoms with Gasteiger partial charge >= 0.3 is 0 Å². The number of unbranched alkanes of at least 4 members (excludes halogenated alkanes) is 2. The Morgan fingerprint density at radius 2 is 2.12 bits per heavy atom. The molecule has 1 atom stereocenters. The third-order valence-electron chi connectivity index (χ3n) is 4.49. The minimum Gasteiger partial charge on any atom is -0.353 e. The van der Waals surface area contributed by atoms with Crippen molar-refractivity contribution in [3.8, 4) is 0 Å². The molecule has 0 saturated heterocycles. The van der Waals surface area contributed by atoms with Gasteiger partial charge in [0, 0.05) is 19.5 Å². The topological polar surface area (TPSA) is 46.9 Å². The van der Waals surface area contributed by atoms with E-state index in [0.29, 0.717) is 12.5 Å². The van der Waals surface area contributed by atoms with E-state index in [1.54, 1.807) is 0 Å². The molecule has 0 spiro atoms. The molecule has 1 amide bonds. The first-order valence-electron chi connectivity index (χ1n) is 9.00. The van der Waals surface area contributed by atoms with E-state index >= 15 is 0 Å². The van der Waals surface area contributed by atoms with Crippen LogP contribution >= 0.6 is 0 Å². The molecule has 0 saturated carbocycles. The number of nitrogens with one attached hydrogen (secondary N) is 1. The highest BCUT2D eigenvalue weighted by molar-refractivity contribution is 5.86. The predicted octanol–water partition coefficient (Wildman–Crippen LogP) is 4.10. The van der Waals surface area contributed by atoms with Crippen LogP contribution in [0.4, 0.5) is 0 Å². The van der Waals surface area contributed by atoms with Crippen molar-refractivity contribution in [2.24, 2.45) is 5.92 Å². The number of carbonyl (C=O) groups excluding carboxylic acids is 1. The summed E-state index contributed by atoms with van der Waals surface area (Å²) in [6, 6.07) is 8.40. The molecule has 130 valence electrons. The van der Waals surface area contributed by atoms with E-state index in [0.717, 1.165) is 37.7 Å². The van der Waals surface area contributed by atoms with Crippen molar-refractivity contribution in [3.63, 3.8) is 0 Å². The Labute approximate surface area is 145 Å². The van der Waals surface area contributed by atoms with Crippen molar-refractivity contribution in [3.05, 3.63) is 42.7 Å². The van der Waals surface area contributed by atoms with Crippen LogP contribution in [0.1, 0.15) is 45.4 Å². The third-order valence-corrected chi connectivity index (χ3v) is 4.49. The molecule has 0 radical (unpaired) electrons. The van der Waals surface area contributed by atoms with Crippen molar-refractivity contribution < 1.29 is 4.79 Å². The van der Waals surface area contributed by atoms with Gasteiger partial charge in [-0.1, -0.05) is 45.4 Å². The van der Waals surface area contributed by atoms with E-state index in [2.05, 4.69) is 54.6 Å². The number of benzene rings is 1. The van der Waals surface area contributed by atoms with Crippen molar-refractivity contribution in [1.29, 1.82) is 0 Å². The van der Waals surface area contributed by atoms with Crippen LogP contribution in [0.3, 0.4) is 0 Å². The van der Waals surface area contributed by atoms with Gasteiger partial charge in [-0.3, -0.25) is 4.79 Å². The van der Waals surface area contributed by atoms with Crippen LogP contribution in [-0.2, 0) is 17.8 Å². The summed E-state index contributed by atoms with van der Waals surface area (Å²) in [6.07, 6.45) is 6.65. The molecule has 0 bridgehead atoms. The van der Waals surface area contributed by atoms with Crippen LogP contribution in [-0.4, -0.2) is 22.0 Å². The van der Waals surface area contributed by atoms with Gasteiger partial charge in [-0.25, -0.2) is 4.98 Å². The van der Waals surface area contributed by atoms with Gasteiger partial charge in [0.2, 0.25) is 5.91 Å². The fraction of sp³-hybridized carbons (Fsp3) is 0.500. The van der Waals surface area contributed by atoms with Crippen molar-refractivity contribution >= 4 is 16.9 Å². The Balaban J connectivity index is 1.94. The van der Waals surface area contributed by atoms with Gasteiger partial charge in [-0.2, -0.15) is 0 Å². The highest BCUT2D eigenvalue weighted by atomic mass is 16.1. The van der Waals surface area contributed by atoms with Gasteiger partial charge in [0.1, 0.15) is 5.82 Å². The maximum absolute atomic E-state index is 11.1. The van der Waals surface area contributed by atoms with E-state index in [1.807, 2.05) is 0 Å². The number of fused-ring (bicyclic) bond motifs is 1. The number of carbonyl (C=O) groups is 1. The SMILES string of the molecule is C=CC(=O)NCCCCCc1nc2ccccc2n1CC(C)CC. The van der Waals surface area contributed by atoms with Crippen LogP contribution in [0.25, 0.3) is 11.0 Å². The van der Waals surface area contributed by atoms with E-state index in [1.165, 1.54) is 23.8 Å². The normalized spacial score (nSPS) is 12.2. The average Bonchev–Trinajstić information content (AvgIpc) is 2.95. The Morgan fingerprint density at radius 1 is 1.33 bits per heavy atom. The second kappa shape index (κ2) is 9.26. The molecular formula is C20H29N3O. The molecule has 4 heteroatoms. The first-order chi connectivity index (χ1) is 11.7. The van der Waals surface area contributed by atoms with E-state index in [9.17, 15) is 4.79 Å². The molecule has 1 unspecified atom stereocenters. The molecule has 0 aliphatic heterocycles. The van der Waals surface area contributed by atoms with Crippen LogP contribution in [0.2, 0.25) is 0 Å². The second-order valence-electron chi connectivity index (χ2n) is 6.45. The van der Waals surface area contributed by atoms with Crippen LogP contribution in [0, 0.1) is 5.92 Å². The minimum absolute atomic E-state index is 0.0923. The summed E-state index contributed by atoms with van der Waals surface area (Å²) in [5.74, 6) is 1.74. The summed E-state index contributed by atoms with van der Waals surface area (Å²) < 4.78 is 2.39. The number of nitrogens with zero attached hydrogens (tertiary/aromatic N) is 2. The lowest BCUT2D eigenvalue weighted by atomic mass is 10.1. The lowest BCUT2D eigenvalue weighted by Gasteiger charge is -2.14. The number of hydrogen-bond acceptors (Lipinski definition) is 2. The van der Waals surface area contributed by atoms with Crippen LogP contribution < -0.4 is 5.32 Å². The molecule has 2 rings (SSSR count). The van der Waals surface area contributed by atoms with Gasteiger partial charge in [-0.05, 0) is 37.0 Å². The lowest BCUT2D eigenvalue weighted by molar-refractivity contribution is -0.116. The molecule has 1 N–H and O–H groups in total. The van der Waals surface area contributed by atoms with Crippen LogP contribution in [0.15, 0.2) is 36.9 Å². The Kier molecular flexibility index (Phi) is 7.04. The lowest BCUT2D eigenvalue weighted by Crippen LogP contribution is -2.21. The van der Waals surface area contributed by atoms with E-state index in [4.69, 9.17) is 4.98 Å². The smallest absolute Gasteiger partial charge is 0.243 e. The number of aromatic nitrogens is 2. The van der Waals surface area contributed by atoms with Gasteiger partial charge in [0.05, 0.1) is 11.0 Å². The number of amides is 1. The minimum atomic E-state index is -0.0923. The predicted molar refractivity (Wildman–Crippen MR) is 99.9 cm³/mol. The zero-order valence-electron chi connectivity index (χ0n) is 14.9. The maximum Gasteiger partial charge on any atom is 0.243 e. The zero-order valence-corrected chi connectivity index (χ0v) is 14.9. The second-order valence-corrected chi connectivity index (χ2v) is 6.45. The average molecular weight is 327 g/mol. The van der Waals surface area contributed by atoms with E-state index in [-0.39, 0.29) is 5.91 Å². The molecule has 1 aromatic heterocycles. The summed E-state index contributed by atoms with van der Waals surface area (Å²) in [7, 11) is 0. The Bertz CT molecular complexity index is 675. The highest BCUT2D eigenvalue weighted by Crippen LogP contribution is 2.20. The number of hydrogen-bond donors (Lipinski definition) is 1. The fourth-order valence-corrected chi connectivity index (χ4v) is 2.83. The third kappa shape index (κ3) is 4.95. The first-order valence-corrected chi connectivity index (χ1v) is 9.00. The molecule has 0 aliphatic rings. The van der Waals surface area contributed by atoms with Gasteiger partial charge in [-0.15, -0.1) is 0 Å². The number of aryl methyl sites for hydroxylation is 1. The van der Waals surface area contributed by atoms with Crippen molar-refractivity contribution in [2.75, 3.05) is 6.54 Å². The molecule has 24 heavy (non-hydrogen) atoms. The Morgan fingerprint density at radius 3 is 2.88 bits per heavy atom. The molecule has 4 nitrogen and oxygen atoms in total. The maximum atomic E-state index is 11.1. The first kappa shape index (κ1) is 18.2. The van der Waals surface area contributed by atoms with Crippen molar-refractivity contribution in [1.82, 2.24) is 14.9 Å². The standard InChI is InChI=1S/C20H29N3O/c1-4-16(3)15-23-18-12-9-8-11-17(18)22-19(23)13-7-6-10-14-21-20(24)5-2/h5,8-9,11-12,16H,2,4,6-7,10,13-15H2,1,3H3,(H,21,24). The van der Waals surface area contributed by atoms with Gasteiger partial charge < -0.3 is 9.88 Å². The monoisotopic (exact) mass is 327 g/mol. The molecule has 1 aromatic carbocycles. The highest BCUT2D eigenvalue weighted by Gasteiger charge is 2.12. The fourth-order valence-electron chi connectivity index (χ4n) is 2.83. The molecular weight excluding hydrogens is 298 g/mol. The number of rotatable bonds is 10. The Hall–Kier alpha value is -2.10. The molecule has 0 fully saturated rings.